The maximum absolute atomic E-state index is 2.50. The van der Waals surface area contributed by atoms with E-state index in [2.05, 4.69) is 81.5 Å². The summed E-state index contributed by atoms with van der Waals surface area (Å²) in [5.74, 6) is 0.688. The van der Waals surface area contributed by atoms with Crippen LogP contribution in [0.25, 0.3) is 0 Å². The molecule has 0 nitrogen and oxygen atoms in total. The number of hydrogen-bond acceptors (Lipinski definition) is 0. The first-order chi connectivity index (χ1) is 9.22. The Balaban J connectivity index is 2.37. The van der Waals surface area contributed by atoms with Crippen molar-refractivity contribution in [3.8, 4) is 0 Å². The van der Waals surface area contributed by atoms with E-state index in [0.717, 1.165) is 0 Å². The van der Waals surface area contributed by atoms with Gasteiger partial charge in [-0.3, -0.25) is 0 Å². The number of rotatable bonds is 4. The van der Waals surface area contributed by atoms with Gasteiger partial charge < -0.3 is 0 Å². The Morgan fingerprint density at radius 2 is 2.00 bits per heavy atom. The van der Waals surface area contributed by atoms with Crippen LogP contribution in [0.4, 0.5) is 0 Å². The van der Waals surface area contributed by atoms with Crippen LogP contribution in [0, 0.1) is 5.92 Å². The normalized spacial score (nSPS) is 20.8. The number of allylic oxidation sites excluding steroid dienone is 6. The van der Waals surface area contributed by atoms with E-state index in [0.29, 0.717) is 10.7 Å². The molecule has 2 atom stereocenters. The summed E-state index contributed by atoms with van der Waals surface area (Å²) in [5, 5.41) is 0. The second-order valence-electron chi connectivity index (χ2n) is 5.07. The van der Waals surface area contributed by atoms with E-state index < -0.39 is 13.9 Å². The molecule has 2 rings (SSSR count). The molecule has 1 aromatic rings. The molecule has 0 N–H and O–H groups in total. The van der Waals surface area contributed by atoms with E-state index in [-0.39, 0.29) is 0 Å². The van der Waals surface area contributed by atoms with Crippen LogP contribution in [-0.2, 0) is 0 Å². The van der Waals surface area contributed by atoms with Gasteiger partial charge in [-0.1, -0.05) is 0 Å². The van der Waals surface area contributed by atoms with Gasteiger partial charge in [0.1, 0.15) is 0 Å². The van der Waals surface area contributed by atoms with Crippen molar-refractivity contribution in [1.82, 2.24) is 0 Å². The molecule has 1 aromatic carbocycles. The first kappa shape index (κ1) is 14.4. The monoisotopic (exact) mass is 319 g/mol. The van der Waals surface area contributed by atoms with Crippen LogP contribution in [0.2, 0.25) is 4.82 Å². The van der Waals surface area contributed by atoms with E-state index in [1.807, 2.05) is 0 Å². The molecule has 0 bridgehead atoms. The van der Waals surface area contributed by atoms with Gasteiger partial charge in [0, 0.05) is 0 Å². The Morgan fingerprint density at radius 1 is 1.26 bits per heavy atom. The van der Waals surface area contributed by atoms with Gasteiger partial charge in [0.2, 0.25) is 0 Å². The quantitative estimate of drug-likeness (QED) is 0.569. The molecule has 0 saturated carbocycles. The van der Waals surface area contributed by atoms with Crippen LogP contribution < -0.4 is 4.46 Å². The third-order valence-corrected chi connectivity index (χ3v) is 8.49. The van der Waals surface area contributed by atoms with Gasteiger partial charge in [0.05, 0.1) is 0 Å². The molecule has 1 aliphatic carbocycles. The summed E-state index contributed by atoms with van der Waals surface area (Å²) < 4.78 is 3.13. The Morgan fingerprint density at radius 3 is 2.63 bits per heavy atom. The van der Waals surface area contributed by atoms with Gasteiger partial charge in [-0.05, 0) is 0 Å². The third kappa shape index (κ3) is 3.72. The maximum atomic E-state index is 2.50. The van der Waals surface area contributed by atoms with Gasteiger partial charge in [0.15, 0.2) is 0 Å². The molecule has 101 valence electrons. The van der Waals surface area contributed by atoms with Crippen molar-refractivity contribution in [2.75, 3.05) is 0 Å². The summed E-state index contributed by atoms with van der Waals surface area (Å²) in [6.07, 6.45) is 13.0. The molecule has 0 heterocycles. The van der Waals surface area contributed by atoms with Crippen molar-refractivity contribution in [1.29, 1.82) is 0 Å². The molecular formula is C18H23Se. The summed E-state index contributed by atoms with van der Waals surface area (Å²) >= 11 is -0.976. The van der Waals surface area contributed by atoms with Crippen LogP contribution in [0.15, 0.2) is 65.2 Å². The zero-order chi connectivity index (χ0) is 13.7. The molecule has 1 aliphatic rings. The van der Waals surface area contributed by atoms with Crippen molar-refractivity contribution < 1.29 is 0 Å². The SMILES string of the molecule is C/C=C\C(C)[Se](C1=CC(C)CC=C1)c1ccccc1. The molecule has 0 fully saturated rings. The second kappa shape index (κ2) is 6.93. The first-order valence-electron chi connectivity index (χ1n) is 7.01. The van der Waals surface area contributed by atoms with Gasteiger partial charge in [-0.25, -0.2) is 0 Å². The molecule has 0 spiro atoms. The molecule has 0 amide bonds. The third-order valence-electron chi connectivity index (χ3n) is 3.33. The summed E-state index contributed by atoms with van der Waals surface area (Å²) in [7, 11) is 0. The fourth-order valence-corrected chi connectivity index (χ4v) is 7.71. The van der Waals surface area contributed by atoms with E-state index >= 15 is 0 Å². The zero-order valence-electron chi connectivity index (χ0n) is 12.0. The first-order valence-corrected chi connectivity index (χ1v) is 9.72. The van der Waals surface area contributed by atoms with Crippen molar-refractivity contribution in [3.05, 3.63) is 65.2 Å². The van der Waals surface area contributed by atoms with E-state index in [1.165, 1.54) is 10.9 Å². The fourth-order valence-electron chi connectivity index (χ4n) is 2.43. The Labute approximate surface area is 121 Å². The van der Waals surface area contributed by atoms with E-state index in [1.54, 1.807) is 4.47 Å². The number of benzene rings is 1. The van der Waals surface area contributed by atoms with E-state index in [4.69, 9.17) is 0 Å². The Bertz CT molecular complexity index is 482. The van der Waals surface area contributed by atoms with Gasteiger partial charge in [0.25, 0.3) is 0 Å². The minimum absolute atomic E-state index is 0.647. The van der Waals surface area contributed by atoms with Crippen LogP contribution in [0.1, 0.15) is 27.2 Å². The predicted molar refractivity (Wildman–Crippen MR) is 87.1 cm³/mol. The molecule has 0 aliphatic heterocycles. The summed E-state index contributed by atoms with van der Waals surface area (Å²) in [4.78, 5) is 0.647. The molecule has 2 unspecified atom stereocenters. The topological polar surface area (TPSA) is 0 Å². The van der Waals surface area contributed by atoms with Crippen LogP contribution in [0.3, 0.4) is 0 Å². The Kier molecular flexibility index (Phi) is 5.24. The van der Waals surface area contributed by atoms with Crippen molar-refractivity contribution in [2.24, 2.45) is 5.92 Å². The average Bonchev–Trinajstić information content (AvgIpc) is 2.40. The summed E-state index contributed by atoms with van der Waals surface area (Å²) in [5.41, 5.74) is 0. The predicted octanol–water partition coefficient (Wildman–Crippen LogP) is 4.42. The second-order valence-corrected chi connectivity index (χ2v) is 10.0. The van der Waals surface area contributed by atoms with Gasteiger partial charge in [-0.2, -0.15) is 0 Å². The molecule has 0 saturated heterocycles. The van der Waals surface area contributed by atoms with Crippen LogP contribution in [-0.4, -0.2) is 13.9 Å². The van der Waals surface area contributed by atoms with Gasteiger partial charge >= 0.3 is 121 Å². The average molecular weight is 318 g/mol. The van der Waals surface area contributed by atoms with Crippen molar-refractivity contribution in [3.63, 3.8) is 0 Å². The van der Waals surface area contributed by atoms with E-state index in [9.17, 15) is 0 Å². The molecule has 1 radical (unpaired) electrons. The molecule has 1 heteroatoms. The zero-order valence-corrected chi connectivity index (χ0v) is 13.8. The van der Waals surface area contributed by atoms with Crippen LogP contribution in [0.5, 0.6) is 0 Å². The fraction of sp³-hybridized carbons (Fsp3) is 0.333. The Hall–Kier alpha value is -1.04. The van der Waals surface area contributed by atoms with Crippen molar-refractivity contribution in [2.45, 2.75) is 32.0 Å². The summed E-state index contributed by atoms with van der Waals surface area (Å²) in [6.45, 7) is 6.81. The van der Waals surface area contributed by atoms with Crippen LogP contribution >= 0.6 is 0 Å². The molecular weight excluding hydrogens is 295 g/mol. The number of hydrogen-bond donors (Lipinski definition) is 0. The van der Waals surface area contributed by atoms with Crippen molar-refractivity contribution >= 4 is 18.4 Å². The molecule has 0 aromatic heterocycles. The summed E-state index contributed by atoms with van der Waals surface area (Å²) in [6, 6.07) is 11.1. The molecule has 19 heavy (non-hydrogen) atoms. The van der Waals surface area contributed by atoms with Gasteiger partial charge in [-0.15, -0.1) is 0 Å². The minimum atomic E-state index is -0.976. The standard InChI is InChI=1S/C18H23Se/c1-4-9-16(3)19(17-11-6-5-7-12-17)18-13-8-10-15(2)14-18/h4-9,11-16H,10H2,1-3H3/b9-4-.